The molecule has 30 heavy (non-hydrogen) atoms. The molecule has 0 spiro atoms. The number of amides is 1. The van der Waals surface area contributed by atoms with Crippen molar-refractivity contribution < 1.29 is 14.7 Å². The Bertz CT molecular complexity index is 1220. The molecule has 4 N–H and O–H groups in total. The fraction of sp³-hybridized carbons (Fsp3) is 0.0870. The maximum atomic E-state index is 12.6. The van der Waals surface area contributed by atoms with Gasteiger partial charge in [-0.3, -0.25) is 9.59 Å². The number of nitrogen functional groups attached to an aromatic ring is 1. The number of nitrogens with one attached hydrogen (secondary N) is 1. The van der Waals surface area contributed by atoms with E-state index in [1.807, 2.05) is 34.9 Å². The topological polar surface area (TPSA) is 110 Å². The van der Waals surface area contributed by atoms with Crippen molar-refractivity contribution in [2.75, 3.05) is 11.1 Å². The van der Waals surface area contributed by atoms with Crippen molar-refractivity contribution in [3.8, 4) is 0 Å². The van der Waals surface area contributed by atoms with Crippen LogP contribution in [-0.2, 0) is 4.79 Å². The van der Waals surface area contributed by atoms with Gasteiger partial charge in [0.25, 0.3) is 5.91 Å². The summed E-state index contributed by atoms with van der Waals surface area (Å²) in [6.07, 6.45) is 1.55. The molecule has 0 radical (unpaired) electrons. The van der Waals surface area contributed by atoms with E-state index in [0.29, 0.717) is 22.5 Å². The van der Waals surface area contributed by atoms with Crippen LogP contribution in [0.3, 0.4) is 0 Å². The van der Waals surface area contributed by atoms with Crippen LogP contribution in [0.2, 0.25) is 0 Å². The highest BCUT2D eigenvalue weighted by molar-refractivity contribution is 6.05. The highest BCUT2D eigenvalue weighted by Gasteiger charge is 2.20. The molecular weight excluding hydrogens is 380 g/mol. The fourth-order valence-electron chi connectivity index (χ4n) is 3.45. The number of carbonyl (C=O) groups excluding carboxylic acids is 1. The van der Waals surface area contributed by atoms with Crippen LogP contribution in [-0.4, -0.2) is 26.5 Å². The maximum Gasteiger partial charge on any atom is 0.305 e. The highest BCUT2D eigenvalue weighted by Crippen LogP contribution is 2.28. The van der Waals surface area contributed by atoms with Crippen molar-refractivity contribution in [1.29, 1.82) is 0 Å². The second-order valence-corrected chi connectivity index (χ2v) is 6.96. The minimum Gasteiger partial charge on any atom is -0.481 e. The number of carbonyl (C=O) groups is 2. The Morgan fingerprint density at radius 2 is 1.83 bits per heavy atom. The molecule has 1 unspecified atom stereocenters. The summed E-state index contributed by atoms with van der Waals surface area (Å²) in [5, 5.41) is 12.3. The molecule has 1 aromatic heterocycles. The van der Waals surface area contributed by atoms with E-state index >= 15 is 0 Å². The van der Waals surface area contributed by atoms with Crippen LogP contribution in [0.25, 0.3) is 11.0 Å². The number of nitrogens with zero attached hydrogens (tertiary/aromatic N) is 2. The summed E-state index contributed by atoms with van der Waals surface area (Å²) in [6, 6.07) is 21.1. The standard InChI is InChI=1S/C23H20N4O3/c24-17-8-4-7-16(11-17)23(30)26-18-9-10-19-21(12-18)27(14-25-19)20(13-22(28)29)15-5-2-1-3-6-15/h1-12,14,20H,13,24H2,(H,26,30)(H,28,29). The Labute approximate surface area is 172 Å². The Morgan fingerprint density at radius 3 is 2.57 bits per heavy atom. The quantitative estimate of drug-likeness (QED) is 0.425. The zero-order valence-electron chi connectivity index (χ0n) is 16.0. The molecule has 1 heterocycles. The lowest BCUT2D eigenvalue weighted by Gasteiger charge is -2.18. The molecule has 4 aromatic rings. The molecule has 0 saturated carbocycles. The number of fused-ring (bicyclic) bond motifs is 1. The van der Waals surface area contributed by atoms with Crippen molar-refractivity contribution in [2.24, 2.45) is 0 Å². The third-order valence-electron chi connectivity index (χ3n) is 4.87. The minimum absolute atomic E-state index is 0.0879. The number of imidazole rings is 1. The van der Waals surface area contributed by atoms with E-state index in [1.165, 1.54) is 0 Å². The lowest BCUT2D eigenvalue weighted by molar-refractivity contribution is -0.137. The molecule has 4 rings (SSSR count). The van der Waals surface area contributed by atoms with E-state index in [9.17, 15) is 14.7 Å². The number of hydrogen-bond donors (Lipinski definition) is 3. The molecule has 0 aliphatic carbocycles. The minimum atomic E-state index is -0.906. The molecule has 1 atom stereocenters. The van der Waals surface area contributed by atoms with Gasteiger partial charge in [0.1, 0.15) is 0 Å². The number of benzene rings is 3. The average Bonchev–Trinajstić information content (AvgIpc) is 3.15. The predicted molar refractivity (Wildman–Crippen MR) is 115 cm³/mol. The van der Waals surface area contributed by atoms with Crippen LogP contribution in [0.4, 0.5) is 11.4 Å². The Kier molecular flexibility index (Phi) is 5.17. The molecule has 7 heteroatoms. The molecule has 0 saturated heterocycles. The zero-order valence-corrected chi connectivity index (χ0v) is 16.0. The smallest absolute Gasteiger partial charge is 0.305 e. The van der Waals surface area contributed by atoms with Crippen LogP contribution in [0.1, 0.15) is 28.4 Å². The van der Waals surface area contributed by atoms with Gasteiger partial charge in [-0.1, -0.05) is 36.4 Å². The Balaban J connectivity index is 1.70. The van der Waals surface area contributed by atoms with Crippen molar-refractivity contribution >= 4 is 34.3 Å². The van der Waals surface area contributed by atoms with E-state index in [4.69, 9.17) is 5.73 Å². The van der Waals surface area contributed by atoms with E-state index < -0.39 is 12.0 Å². The first kappa shape index (κ1) is 19.2. The number of hydrogen-bond acceptors (Lipinski definition) is 4. The summed E-state index contributed by atoms with van der Waals surface area (Å²) in [6.45, 7) is 0. The van der Waals surface area contributed by atoms with E-state index in [0.717, 1.165) is 11.1 Å². The third-order valence-corrected chi connectivity index (χ3v) is 4.87. The zero-order chi connectivity index (χ0) is 21.1. The van der Waals surface area contributed by atoms with Crippen LogP contribution in [0.15, 0.2) is 79.1 Å². The molecule has 7 nitrogen and oxygen atoms in total. The number of aliphatic carboxylic acids is 1. The summed E-state index contributed by atoms with van der Waals surface area (Å²) in [7, 11) is 0. The molecule has 3 aromatic carbocycles. The maximum absolute atomic E-state index is 12.6. The summed E-state index contributed by atoms with van der Waals surface area (Å²) >= 11 is 0. The van der Waals surface area contributed by atoms with Gasteiger partial charge in [-0.15, -0.1) is 0 Å². The van der Waals surface area contributed by atoms with Crippen molar-refractivity contribution in [3.05, 3.63) is 90.3 Å². The van der Waals surface area contributed by atoms with Crippen molar-refractivity contribution in [2.45, 2.75) is 12.5 Å². The second kappa shape index (κ2) is 8.08. The fourth-order valence-corrected chi connectivity index (χ4v) is 3.45. The van der Waals surface area contributed by atoms with Gasteiger partial charge in [-0.2, -0.15) is 0 Å². The first-order valence-corrected chi connectivity index (χ1v) is 9.41. The lowest BCUT2D eigenvalue weighted by atomic mass is 10.0. The van der Waals surface area contributed by atoms with Gasteiger partial charge in [0, 0.05) is 16.9 Å². The van der Waals surface area contributed by atoms with Gasteiger partial charge < -0.3 is 20.7 Å². The molecule has 0 bridgehead atoms. The lowest BCUT2D eigenvalue weighted by Crippen LogP contribution is -2.15. The predicted octanol–water partition coefficient (Wildman–Crippen LogP) is 3.93. The van der Waals surface area contributed by atoms with E-state index in [2.05, 4.69) is 10.3 Å². The highest BCUT2D eigenvalue weighted by atomic mass is 16.4. The SMILES string of the molecule is Nc1cccc(C(=O)Nc2ccc3ncn(C(CC(=O)O)c4ccccc4)c3c2)c1. The Hall–Kier alpha value is -4.13. The monoisotopic (exact) mass is 400 g/mol. The number of aromatic nitrogens is 2. The van der Waals surface area contributed by atoms with E-state index in [-0.39, 0.29) is 12.3 Å². The van der Waals surface area contributed by atoms with Crippen LogP contribution >= 0.6 is 0 Å². The first-order valence-electron chi connectivity index (χ1n) is 9.41. The van der Waals surface area contributed by atoms with Crippen molar-refractivity contribution in [1.82, 2.24) is 9.55 Å². The van der Waals surface area contributed by atoms with Crippen molar-refractivity contribution in [3.63, 3.8) is 0 Å². The molecule has 0 aliphatic heterocycles. The number of rotatable bonds is 6. The summed E-state index contributed by atoms with van der Waals surface area (Å²) in [4.78, 5) is 28.5. The van der Waals surface area contributed by atoms with Crippen LogP contribution in [0, 0.1) is 0 Å². The largest absolute Gasteiger partial charge is 0.481 e. The van der Waals surface area contributed by atoms with Gasteiger partial charge >= 0.3 is 5.97 Å². The molecule has 0 aliphatic rings. The average molecular weight is 400 g/mol. The molecule has 1 amide bonds. The van der Waals surface area contributed by atoms with Gasteiger partial charge in [0.05, 0.1) is 29.8 Å². The summed E-state index contributed by atoms with van der Waals surface area (Å²) in [5.74, 6) is -1.19. The number of carboxylic acids is 1. The van der Waals surface area contributed by atoms with Gasteiger partial charge in [0.15, 0.2) is 0 Å². The van der Waals surface area contributed by atoms with Gasteiger partial charge in [-0.25, -0.2) is 4.98 Å². The van der Waals surface area contributed by atoms with E-state index in [1.54, 1.807) is 48.8 Å². The first-order chi connectivity index (χ1) is 14.5. The normalized spacial score (nSPS) is 11.9. The Morgan fingerprint density at radius 1 is 1.03 bits per heavy atom. The molecule has 150 valence electrons. The van der Waals surface area contributed by atoms with Gasteiger partial charge in [0.2, 0.25) is 0 Å². The number of carboxylic acid groups (broad SMARTS) is 1. The third kappa shape index (κ3) is 4.00. The van der Waals surface area contributed by atoms with Gasteiger partial charge in [-0.05, 0) is 42.0 Å². The number of nitrogens with two attached hydrogens (primary N) is 1. The molecule has 0 fully saturated rings. The molecular formula is C23H20N4O3. The van der Waals surface area contributed by atoms with Crippen LogP contribution in [0.5, 0.6) is 0 Å². The van der Waals surface area contributed by atoms with Crippen LogP contribution < -0.4 is 11.1 Å². The number of anilines is 2. The summed E-state index contributed by atoms with van der Waals surface area (Å²) < 4.78 is 1.83. The summed E-state index contributed by atoms with van der Waals surface area (Å²) in [5.41, 5.74) is 9.62. The second-order valence-electron chi connectivity index (χ2n) is 6.96.